The first kappa shape index (κ1) is 58.1. The van der Waals surface area contributed by atoms with Crippen molar-refractivity contribution in [3.8, 4) is 0 Å². The van der Waals surface area contributed by atoms with Gasteiger partial charge in [0.15, 0.2) is 48.6 Å². The van der Waals surface area contributed by atoms with E-state index in [2.05, 4.69) is 72.6 Å². The first-order valence-electron chi connectivity index (χ1n) is 24.1. The van der Waals surface area contributed by atoms with Crippen LogP contribution in [0, 0.1) is 60.6 Å². The SMILES string of the molecule is CCc1cc(C)cc(CC)c1C1=C(O)C2CC(C3OCCO3)CC2C1=O.CCc1cc(C)cc(CC)c1C1=C(OP(C)(=S)OCC(F)(F)F)C2CC(C3OCCO3)CC2C1=O.CP(=S)([ClH+])OCC(F)(F)F. The van der Waals surface area contributed by atoms with E-state index in [1.807, 2.05) is 20.8 Å². The molecule has 396 valence electrons. The lowest BCUT2D eigenvalue weighted by atomic mass is 9.87. The minimum atomic E-state index is -4.52. The van der Waals surface area contributed by atoms with E-state index in [1.165, 1.54) is 18.9 Å². The van der Waals surface area contributed by atoms with Gasteiger partial charge in [0.2, 0.25) is 6.49 Å². The molecule has 4 fully saturated rings. The summed E-state index contributed by atoms with van der Waals surface area (Å²) in [5.74, 6) is 0.144. The summed E-state index contributed by atoms with van der Waals surface area (Å²) in [6, 6.07) is 8.43. The number of hydrogen-bond donors (Lipinski definition) is 1. The van der Waals surface area contributed by atoms with E-state index in [0.29, 0.717) is 74.8 Å². The highest BCUT2D eigenvalue weighted by molar-refractivity contribution is 8.09. The number of allylic oxidation sites excluding steroid dienone is 4. The molecule has 71 heavy (non-hydrogen) atoms. The minimum Gasteiger partial charge on any atom is -0.511 e. The molecule has 10 nitrogen and oxygen atoms in total. The maximum absolute atomic E-state index is 13.9. The Morgan fingerprint density at radius 2 is 0.972 bits per heavy atom. The summed E-state index contributed by atoms with van der Waals surface area (Å²) < 4.78 is 111. The van der Waals surface area contributed by atoms with Crippen LogP contribution in [0.3, 0.4) is 0 Å². The second-order valence-electron chi connectivity index (χ2n) is 19.1. The number of ketones is 2. The van der Waals surface area contributed by atoms with Gasteiger partial charge in [-0.1, -0.05) is 63.1 Å². The highest BCUT2D eigenvalue weighted by Gasteiger charge is 2.54. The first-order valence-corrected chi connectivity index (χ1v) is 31.4. The van der Waals surface area contributed by atoms with Gasteiger partial charge in [0.05, 0.1) is 37.6 Å². The van der Waals surface area contributed by atoms with Gasteiger partial charge in [0.25, 0.3) is 0 Å². The Labute approximate surface area is 427 Å². The molecule has 2 heterocycles. The Bertz CT molecular complexity index is 2400. The van der Waals surface area contributed by atoms with E-state index >= 15 is 0 Å². The standard InChI is InChI=1S/C25H32F3O5PS.C22H28O4.C3H6ClF3OPS/c1-5-15-9-14(3)10-16(6-2)20(15)21-22(29)18-11-17(24-30-7-8-31-24)12-19(18)23(21)33-34(4,35)32-13-25(26,27)28;1-4-13-8-12(3)9-14(5-2)18(13)19-20(23)16-10-15(11-17(16)21(19)24)22-25-6-7-26-22;1-9(4,10)8-2-3(5,6)7/h9-10,17-19,24H,5-8,11-13H2,1-4H3;8-9,15-17,22-23H,4-7,10-11H2,1-3H3;4H,2H2,1H3/q;;+1. The Hall–Kier alpha value is -2.21. The average Bonchev–Trinajstić information content (AvgIpc) is 4.16. The number of aliphatic hydroxyl groups excluding tert-OH is 1. The highest BCUT2D eigenvalue weighted by atomic mass is 35.7. The number of alkyl halides is 6. The Balaban J connectivity index is 0.000000201. The molecule has 8 rings (SSSR count). The number of hydrogen-bond acceptors (Lipinski definition) is 12. The van der Waals surface area contributed by atoms with E-state index in [4.69, 9.17) is 39.8 Å². The van der Waals surface area contributed by atoms with E-state index in [1.54, 1.807) is 0 Å². The number of ether oxygens (including phenoxy) is 4. The molecule has 8 unspecified atom stereocenters. The summed E-state index contributed by atoms with van der Waals surface area (Å²) in [5, 5.41) is 11.0. The zero-order valence-electron chi connectivity index (χ0n) is 41.3. The summed E-state index contributed by atoms with van der Waals surface area (Å²) in [6.45, 7) is 11.2. The van der Waals surface area contributed by atoms with Crippen molar-refractivity contribution < 1.29 is 84.8 Å². The van der Waals surface area contributed by atoms with Crippen molar-refractivity contribution in [3.05, 3.63) is 80.3 Å². The van der Waals surface area contributed by atoms with Crippen molar-refractivity contribution in [3.63, 3.8) is 0 Å². The molecule has 2 aromatic rings. The molecular formula is C50H66ClF6O10P2S2+. The van der Waals surface area contributed by atoms with Gasteiger partial charge >= 0.3 is 18.0 Å². The van der Waals surface area contributed by atoms with Crippen LogP contribution in [-0.4, -0.2) is 94.6 Å². The number of aliphatic hydroxyl groups is 1. The molecule has 21 heteroatoms. The van der Waals surface area contributed by atoms with Gasteiger partial charge in [0.1, 0.15) is 11.5 Å². The van der Waals surface area contributed by atoms with Crippen LogP contribution in [0.2, 0.25) is 0 Å². The minimum absolute atomic E-state index is 0.0108. The summed E-state index contributed by atoms with van der Waals surface area (Å²) in [4.78, 5) is 27.2. The predicted octanol–water partition coefficient (Wildman–Crippen LogP) is 11.7. The third kappa shape index (κ3) is 14.4. The number of Topliss-reactive ketones (excluding diaryl/α,β-unsaturated/α-hetero) is 2. The van der Waals surface area contributed by atoms with E-state index in [9.17, 15) is 41.0 Å². The van der Waals surface area contributed by atoms with Crippen LogP contribution in [0.1, 0.15) is 97.9 Å². The Kier molecular flexibility index (Phi) is 19.4. The monoisotopic (exact) mass is 1100 g/mol. The number of aryl methyl sites for hydroxylation is 6. The lowest BCUT2D eigenvalue weighted by Gasteiger charge is -2.25. The van der Waals surface area contributed by atoms with Crippen molar-refractivity contribution in [2.75, 3.05) is 53.0 Å². The van der Waals surface area contributed by atoms with Crippen molar-refractivity contribution in [1.29, 1.82) is 0 Å². The summed E-state index contributed by atoms with van der Waals surface area (Å²) in [5.41, 5.74) is 6.98. The smallest absolute Gasteiger partial charge is 0.412 e. The molecule has 0 bridgehead atoms. The molecule has 1 N–H and O–H groups in total. The molecule has 0 aromatic heterocycles. The van der Waals surface area contributed by atoms with Gasteiger partial charge in [-0.2, -0.15) is 26.3 Å². The number of benzene rings is 2. The topological polar surface area (TPSA) is 119 Å². The fraction of sp³-hybridized carbons (Fsp3) is 0.640. The van der Waals surface area contributed by atoms with Gasteiger partial charge in [-0.3, -0.25) is 14.1 Å². The number of carbonyl (C=O) groups is 2. The van der Waals surface area contributed by atoms with Crippen LogP contribution in [0.15, 0.2) is 35.8 Å². The van der Waals surface area contributed by atoms with Gasteiger partial charge in [-0.15, -0.1) is 0 Å². The number of fused-ring (bicyclic) bond motifs is 2. The lowest BCUT2D eigenvalue weighted by molar-refractivity contribution is -0.201. The van der Waals surface area contributed by atoms with Crippen LogP contribution in [0.25, 0.3) is 11.1 Å². The summed E-state index contributed by atoms with van der Waals surface area (Å²) in [7, 11) is 0. The third-order valence-electron chi connectivity index (χ3n) is 13.7. The quantitative estimate of drug-likeness (QED) is 0.143. The molecule has 6 aliphatic rings. The maximum atomic E-state index is 13.9. The molecule has 0 radical (unpaired) electrons. The maximum Gasteiger partial charge on any atom is 0.412 e. The largest absolute Gasteiger partial charge is 0.511 e. The van der Waals surface area contributed by atoms with Crippen LogP contribution in [-0.2, 0) is 91.4 Å². The first-order chi connectivity index (χ1) is 33.2. The molecule has 0 amide bonds. The second kappa shape index (κ2) is 23.8. The second-order valence-corrected chi connectivity index (χ2v) is 29.7. The molecular weight excluding hydrogens is 1040 g/mol. The Morgan fingerprint density at radius 3 is 1.34 bits per heavy atom. The average molecular weight is 1100 g/mol. The van der Waals surface area contributed by atoms with E-state index < -0.39 is 37.7 Å². The van der Waals surface area contributed by atoms with Crippen molar-refractivity contribution >= 4 is 58.4 Å². The van der Waals surface area contributed by atoms with Crippen LogP contribution in [0.5, 0.6) is 0 Å². The molecule has 8 atom stereocenters. The van der Waals surface area contributed by atoms with Gasteiger partial charge < -0.3 is 33.1 Å². The Morgan fingerprint density at radius 1 is 0.620 bits per heavy atom. The molecule has 2 saturated heterocycles. The van der Waals surface area contributed by atoms with Crippen molar-refractivity contribution in [1.82, 2.24) is 0 Å². The lowest BCUT2D eigenvalue weighted by Crippen LogP contribution is -2.21. The highest BCUT2D eigenvalue weighted by Crippen LogP contribution is 2.59. The van der Waals surface area contributed by atoms with Gasteiger partial charge in [-0.05, 0) is 122 Å². The molecule has 2 saturated carbocycles. The van der Waals surface area contributed by atoms with E-state index in [0.717, 1.165) is 64.6 Å². The van der Waals surface area contributed by atoms with Crippen molar-refractivity contribution in [2.24, 2.45) is 35.5 Å². The van der Waals surface area contributed by atoms with Crippen molar-refractivity contribution in [2.45, 2.75) is 118 Å². The van der Waals surface area contributed by atoms with Crippen LogP contribution >= 0.6 is 12.1 Å². The predicted molar refractivity (Wildman–Crippen MR) is 264 cm³/mol. The third-order valence-corrected chi connectivity index (χ3v) is 16.6. The molecule has 2 aliphatic heterocycles. The zero-order chi connectivity index (χ0) is 52.4. The van der Waals surface area contributed by atoms with Gasteiger partial charge in [-0.25, -0.2) is 0 Å². The number of rotatable bonds is 14. The van der Waals surface area contributed by atoms with Crippen LogP contribution in [0.4, 0.5) is 26.3 Å². The zero-order valence-corrected chi connectivity index (χ0v) is 45.6. The fourth-order valence-corrected chi connectivity index (χ4v) is 13.0. The summed E-state index contributed by atoms with van der Waals surface area (Å²) in [6.07, 6.45) is -3.61. The summed E-state index contributed by atoms with van der Waals surface area (Å²) >= 11 is 14.3. The molecule has 4 aliphatic carbocycles. The molecule has 2 aromatic carbocycles. The normalized spacial score (nSPS) is 26.5. The number of carbonyl (C=O) groups excluding carboxylic acids is 2. The van der Waals surface area contributed by atoms with Crippen LogP contribution < -0.4 is 0 Å². The fourth-order valence-electron chi connectivity index (χ4n) is 10.9. The van der Waals surface area contributed by atoms with Gasteiger partial charge in [0, 0.05) is 48.8 Å². The van der Waals surface area contributed by atoms with E-state index in [-0.39, 0.29) is 59.7 Å². The molecule has 0 spiro atoms. The number of halogens is 7.